The zero-order valence-corrected chi connectivity index (χ0v) is 9.17. The Labute approximate surface area is 99.2 Å². The minimum atomic E-state index is -1.14. The summed E-state index contributed by atoms with van der Waals surface area (Å²) in [4.78, 5) is 10.7. The molecule has 0 heterocycles. The third-order valence-electron chi connectivity index (χ3n) is 2.86. The molecule has 0 atom stereocenters. The Balaban J connectivity index is 2.36. The van der Waals surface area contributed by atoms with Gasteiger partial charge in [0.2, 0.25) is 0 Å². The molecule has 0 aliphatic heterocycles. The van der Waals surface area contributed by atoms with Gasteiger partial charge in [-0.1, -0.05) is 42.5 Å². The lowest BCUT2D eigenvalue weighted by molar-refractivity contribution is -0.308. The van der Waals surface area contributed by atoms with Gasteiger partial charge in [-0.15, -0.1) is 0 Å². The van der Waals surface area contributed by atoms with E-state index in [1.807, 2.05) is 18.2 Å². The monoisotopic (exact) mass is 229 g/mol. The Morgan fingerprint density at radius 3 is 2.35 bits per heavy atom. The lowest BCUT2D eigenvalue weighted by Crippen LogP contribution is -2.37. The largest absolute Gasteiger partial charge is 0.549 e. The molecule has 0 amide bonds. The Morgan fingerprint density at radius 2 is 1.82 bits per heavy atom. The molecule has 0 fully saturated rings. The third-order valence-corrected chi connectivity index (χ3v) is 2.86. The topological polar surface area (TPSA) is 92.2 Å². The summed E-state index contributed by atoms with van der Waals surface area (Å²) in [6.45, 7) is 0. The highest BCUT2D eigenvalue weighted by molar-refractivity contribution is 5.73. The first-order chi connectivity index (χ1) is 8.03. The smallest absolute Gasteiger partial charge is 0.0803 e. The molecule has 0 radical (unpaired) electrons. The molecule has 0 spiro atoms. The molecule has 1 aliphatic carbocycles. The van der Waals surface area contributed by atoms with Crippen LogP contribution in [0.1, 0.15) is 5.56 Å². The SMILES string of the molecule is Nc1ccccc1C1(N)C=CC(C(=O)[O-])C=C1. The number of carbonyl (C=O) groups is 1. The molecule has 1 aliphatic rings. The molecular weight excluding hydrogens is 216 g/mol. The van der Waals surface area contributed by atoms with Gasteiger partial charge in [0.05, 0.1) is 11.5 Å². The molecule has 4 heteroatoms. The number of anilines is 1. The predicted molar refractivity (Wildman–Crippen MR) is 63.5 cm³/mol. The van der Waals surface area contributed by atoms with E-state index in [2.05, 4.69) is 0 Å². The van der Waals surface area contributed by atoms with Crippen molar-refractivity contribution in [2.75, 3.05) is 5.73 Å². The molecular formula is C13H13N2O2-. The van der Waals surface area contributed by atoms with Crippen molar-refractivity contribution >= 4 is 11.7 Å². The first-order valence-electron chi connectivity index (χ1n) is 5.26. The highest BCUT2D eigenvalue weighted by Crippen LogP contribution is 2.30. The molecule has 0 bridgehead atoms. The highest BCUT2D eigenvalue weighted by atomic mass is 16.4. The van der Waals surface area contributed by atoms with Crippen LogP contribution in [0.15, 0.2) is 48.6 Å². The summed E-state index contributed by atoms with van der Waals surface area (Å²) >= 11 is 0. The van der Waals surface area contributed by atoms with Crippen molar-refractivity contribution in [3.8, 4) is 0 Å². The number of nitrogen functional groups attached to an aromatic ring is 1. The Kier molecular flexibility index (Phi) is 2.73. The van der Waals surface area contributed by atoms with E-state index >= 15 is 0 Å². The normalized spacial score (nSPS) is 27.0. The second-order valence-electron chi connectivity index (χ2n) is 4.08. The van der Waals surface area contributed by atoms with Gasteiger partial charge in [-0.25, -0.2) is 0 Å². The minimum Gasteiger partial charge on any atom is -0.549 e. The van der Waals surface area contributed by atoms with Crippen molar-refractivity contribution in [3.05, 3.63) is 54.1 Å². The van der Waals surface area contributed by atoms with Gasteiger partial charge in [0.1, 0.15) is 0 Å². The van der Waals surface area contributed by atoms with Gasteiger partial charge in [0.15, 0.2) is 0 Å². The maximum absolute atomic E-state index is 10.7. The van der Waals surface area contributed by atoms with Crippen LogP contribution >= 0.6 is 0 Å². The van der Waals surface area contributed by atoms with Gasteiger partial charge < -0.3 is 21.4 Å². The third kappa shape index (κ3) is 2.07. The summed E-state index contributed by atoms with van der Waals surface area (Å²) in [6.07, 6.45) is 6.31. The molecule has 0 saturated carbocycles. The van der Waals surface area contributed by atoms with Crippen LogP contribution in [0.2, 0.25) is 0 Å². The molecule has 0 saturated heterocycles. The predicted octanol–water partition coefficient (Wildman–Crippen LogP) is -0.0851. The number of aliphatic carboxylic acids is 1. The summed E-state index contributed by atoms with van der Waals surface area (Å²) in [5, 5.41) is 10.7. The summed E-state index contributed by atoms with van der Waals surface area (Å²) in [5.74, 6) is -1.86. The van der Waals surface area contributed by atoms with E-state index in [0.717, 1.165) is 5.56 Å². The van der Waals surface area contributed by atoms with Gasteiger partial charge in [0.25, 0.3) is 0 Å². The zero-order chi connectivity index (χ0) is 12.5. The first kappa shape index (κ1) is 11.4. The fourth-order valence-corrected chi connectivity index (χ4v) is 1.87. The zero-order valence-electron chi connectivity index (χ0n) is 9.17. The maximum atomic E-state index is 10.7. The maximum Gasteiger partial charge on any atom is 0.0803 e. The Bertz CT molecular complexity index is 492. The van der Waals surface area contributed by atoms with E-state index in [1.54, 1.807) is 18.2 Å². The number of carbonyl (C=O) groups excluding carboxylic acids is 1. The Hall–Kier alpha value is -2.07. The summed E-state index contributed by atoms with van der Waals surface area (Å²) in [7, 11) is 0. The highest BCUT2D eigenvalue weighted by Gasteiger charge is 2.26. The van der Waals surface area contributed by atoms with Crippen LogP contribution < -0.4 is 16.6 Å². The standard InChI is InChI=1S/C13H14N2O2/c14-11-4-2-1-3-10(11)13(15)7-5-9(6-8-13)12(16)17/h1-9H,14-15H2,(H,16,17)/p-1. The molecule has 4 N–H and O–H groups in total. The number of hydrogen-bond donors (Lipinski definition) is 2. The van der Waals surface area contributed by atoms with Crippen LogP contribution in [0.3, 0.4) is 0 Å². The molecule has 17 heavy (non-hydrogen) atoms. The summed E-state index contributed by atoms with van der Waals surface area (Å²) in [6, 6.07) is 7.25. The number of rotatable bonds is 2. The number of hydrogen-bond acceptors (Lipinski definition) is 4. The van der Waals surface area contributed by atoms with Gasteiger partial charge >= 0.3 is 0 Å². The number of carboxylic acid groups (broad SMARTS) is 1. The molecule has 2 rings (SSSR count). The molecule has 1 aromatic rings. The van der Waals surface area contributed by atoms with Crippen molar-refractivity contribution < 1.29 is 9.90 Å². The minimum absolute atomic E-state index is 0.580. The number of carboxylic acids is 1. The van der Waals surface area contributed by atoms with Crippen molar-refractivity contribution in [2.24, 2.45) is 11.7 Å². The molecule has 88 valence electrons. The average Bonchev–Trinajstić information content (AvgIpc) is 2.30. The fraction of sp³-hybridized carbons (Fsp3) is 0.154. The molecule has 0 unspecified atom stereocenters. The van der Waals surface area contributed by atoms with Crippen LogP contribution in [-0.4, -0.2) is 5.97 Å². The van der Waals surface area contributed by atoms with Crippen molar-refractivity contribution in [2.45, 2.75) is 5.54 Å². The number of nitrogens with two attached hydrogens (primary N) is 2. The quantitative estimate of drug-likeness (QED) is 0.548. The van der Waals surface area contributed by atoms with E-state index in [4.69, 9.17) is 11.5 Å². The van der Waals surface area contributed by atoms with Gasteiger partial charge in [-0.2, -0.15) is 0 Å². The second-order valence-corrected chi connectivity index (χ2v) is 4.08. The van der Waals surface area contributed by atoms with Crippen LogP contribution in [-0.2, 0) is 10.3 Å². The van der Waals surface area contributed by atoms with Crippen molar-refractivity contribution in [1.82, 2.24) is 0 Å². The van der Waals surface area contributed by atoms with Gasteiger partial charge in [-0.3, -0.25) is 0 Å². The van der Waals surface area contributed by atoms with E-state index in [1.165, 1.54) is 12.2 Å². The second kappa shape index (κ2) is 4.07. The number of benzene rings is 1. The van der Waals surface area contributed by atoms with E-state index in [0.29, 0.717) is 5.69 Å². The van der Waals surface area contributed by atoms with E-state index in [-0.39, 0.29) is 0 Å². The molecule has 0 aromatic heterocycles. The first-order valence-corrected chi connectivity index (χ1v) is 5.26. The Morgan fingerprint density at radius 1 is 1.24 bits per heavy atom. The van der Waals surface area contributed by atoms with Gasteiger partial charge in [0, 0.05) is 17.2 Å². The summed E-state index contributed by atoms with van der Waals surface area (Å²) < 4.78 is 0. The summed E-state index contributed by atoms with van der Waals surface area (Å²) in [5.41, 5.74) is 12.5. The van der Waals surface area contributed by atoms with Crippen molar-refractivity contribution in [3.63, 3.8) is 0 Å². The number of para-hydroxylation sites is 1. The van der Waals surface area contributed by atoms with Crippen LogP contribution in [0.5, 0.6) is 0 Å². The molecule has 1 aromatic carbocycles. The van der Waals surface area contributed by atoms with Gasteiger partial charge in [-0.05, 0) is 6.07 Å². The fourth-order valence-electron chi connectivity index (χ4n) is 1.87. The lowest BCUT2D eigenvalue weighted by atomic mass is 9.83. The lowest BCUT2D eigenvalue weighted by Gasteiger charge is -2.28. The van der Waals surface area contributed by atoms with Crippen LogP contribution in [0, 0.1) is 5.92 Å². The van der Waals surface area contributed by atoms with E-state index < -0.39 is 17.4 Å². The molecule has 4 nitrogen and oxygen atoms in total. The van der Waals surface area contributed by atoms with Crippen LogP contribution in [0.25, 0.3) is 0 Å². The van der Waals surface area contributed by atoms with E-state index in [9.17, 15) is 9.90 Å². The van der Waals surface area contributed by atoms with Crippen LogP contribution in [0.4, 0.5) is 5.69 Å². The average molecular weight is 229 g/mol. The van der Waals surface area contributed by atoms with Crippen molar-refractivity contribution in [1.29, 1.82) is 0 Å².